The van der Waals surface area contributed by atoms with Gasteiger partial charge in [0.1, 0.15) is 12.4 Å². The van der Waals surface area contributed by atoms with E-state index in [0.29, 0.717) is 25.4 Å². The standard InChI is InChI=1S/C29H39N5O3/c1-7-22-11-8-9-12-24(22)30-28(36)33(17-10-18-37-6)20-27(35)31-26-19-25(29(3,4)5)32-34(26)23-15-13-21(2)14-16-23/h8-9,11-16,19H,7,10,17-18,20H2,1-6H3,(H,30,36)(H,31,35). The highest BCUT2D eigenvalue weighted by Crippen LogP contribution is 2.26. The molecule has 1 heterocycles. The van der Waals surface area contributed by atoms with E-state index in [1.165, 1.54) is 4.90 Å². The van der Waals surface area contributed by atoms with E-state index in [0.717, 1.165) is 34.6 Å². The van der Waals surface area contributed by atoms with E-state index in [1.807, 2.05) is 68.4 Å². The van der Waals surface area contributed by atoms with Crippen LogP contribution in [0.25, 0.3) is 5.69 Å². The van der Waals surface area contributed by atoms with Crippen LogP contribution in [0.3, 0.4) is 0 Å². The number of nitrogens with one attached hydrogen (secondary N) is 2. The summed E-state index contributed by atoms with van der Waals surface area (Å²) in [5.41, 5.74) is 4.43. The molecule has 8 heteroatoms. The fourth-order valence-corrected chi connectivity index (χ4v) is 3.87. The number of para-hydroxylation sites is 1. The van der Waals surface area contributed by atoms with Crippen LogP contribution in [-0.4, -0.2) is 53.4 Å². The third-order valence-electron chi connectivity index (χ3n) is 6.06. The number of aromatic nitrogens is 2. The maximum atomic E-state index is 13.2. The van der Waals surface area contributed by atoms with Gasteiger partial charge >= 0.3 is 6.03 Å². The van der Waals surface area contributed by atoms with Crippen molar-refractivity contribution in [3.63, 3.8) is 0 Å². The van der Waals surface area contributed by atoms with Crippen molar-refractivity contribution in [1.82, 2.24) is 14.7 Å². The van der Waals surface area contributed by atoms with Crippen LogP contribution in [-0.2, 0) is 21.4 Å². The third-order valence-corrected chi connectivity index (χ3v) is 6.06. The normalized spacial score (nSPS) is 11.3. The third kappa shape index (κ3) is 7.67. The SMILES string of the molecule is CCc1ccccc1NC(=O)N(CCCOC)CC(=O)Nc1cc(C(C)(C)C)nn1-c1ccc(C)cc1. The predicted octanol–water partition coefficient (Wildman–Crippen LogP) is 5.55. The Balaban J connectivity index is 1.81. The summed E-state index contributed by atoms with van der Waals surface area (Å²) in [6.45, 7) is 11.1. The highest BCUT2D eigenvalue weighted by Gasteiger charge is 2.23. The molecule has 198 valence electrons. The van der Waals surface area contributed by atoms with E-state index in [9.17, 15) is 9.59 Å². The first-order valence-corrected chi connectivity index (χ1v) is 12.7. The number of benzene rings is 2. The number of rotatable bonds is 10. The topological polar surface area (TPSA) is 88.5 Å². The van der Waals surface area contributed by atoms with Gasteiger partial charge in [-0.05, 0) is 43.5 Å². The molecular weight excluding hydrogens is 466 g/mol. The van der Waals surface area contributed by atoms with E-state index in [1.54, 1.807) is 11.8 Å². The first-order chi connectivity index (χ1) is 17.6. The molecule has 1 aromatic heterocycles. The molecule has 0 aliphatic carbocycles. The van der Waals surface area contributed by atoms with Crippen LogP contribution in [0.5, 0.6) is 0 Å². The van der Waals surface area contributed by atoms with Crippen LogP contribution < -0.4 is 10.6 Å². The number of carbonyl (C=O) groups excluding carboxylic acids is 2. The minimum Gasteiger partial charge on any atom is -0.385 e. The van der Waals surface area contributed by atoms with Gasteiger partial charge in [-0.1, -0.05) is 63.6 Å². The molecule has 0 atom stereocenters. The molecule has 0 saturated heterocycles. The van der Waals surface area contributed by atoms with Gasteiger partial charge in [-0.2, -0.15) is 5.10 Å². The van der Waals surface area contributed by atoms with Crippen molar-refractivity contribution in [3.8, 4) is 5.69 Å². The minimum absolute atomic E-state index is 0.103. The van der Waals surface area contributed by atoms with E-state index in [-0.39, 0.29) is 23.9 Å². The summed E-state index contributed by atoms with van der Waals surface area (Å²) in [6.07, 6.45) is 1.40. The monoisotopic (exact) mass is 505 g/mol. The zero-order valence-corrected chi connectivity index (χ0v) is 22.8. The van der Waals surface area contributed by atoms with E-state index >= 15 is 0 Å². The quantitative estimate of drug-likeness (QED) is 0.354. The molecule has 0 unspecified atom stereocenters. The predicted molar refractivity (Wildman–Crippen MR) is 149 cm³/mol. The molecule has 0 spiro atoms. The zero-order chi connectivity index (χ0) is 27.0. The number of hydrogen-bond acceptors (Lipinski definition) is 4. The molecule has 0 fully saturated rings. The Hall–Kier alpha value is -3.65. The van der Waals surface area contributed by atoms with Gasteiger partial charge in [0.2, 0.25) is 5.91 Å². The fraction of sp³-hybridized carbons (Fsp3) is 0.414. The lowest BCUT2D eigenvalue weighted by atomic mass is 9.92. The van der Waals surface area contributed by atoms with Crippen LogP contribution in [0.4, 0.5) is 16.3 Å². The number of anilines is 2. The minimum atomic E-state index is -0.324. The number of hydrogen-bond donors (Lipinski definition) is 2. The maximum absolute atomic E-state index is 13.2. The molecular formula is C29H39N5O3. The summed E-state index contributed by atoms with van der Waals surface area (Å²) < 4.78 is 6.91. The van der Waals surface area contributed by atoms with E-state index < -0.39 is 0 Å². The van der Waals surface area contributed by atoms with Gasteiger partial charge in [-0.25, -0.2) is 9.48 Å². The van der Waals surface area contributed by atoms with Gasteiger partial charge in [0.25, 0.3) is 0 Å². The van der Waals surface area contributed by atoms with Gasteiger partial charge in [0, 0.05) is 37.4 Å². The number of aryl methyl sites for hydroxylation is 2. The summed E-state index contributed by atoms with van der Waals surface area (Å²) in [4.78, 5) is 27.9. The molecule has 0 aliphatic heterocycles. The number of methoxy groups -OCH3 is 1. The number of urea groups is 1. The Bertz CT molecular complexity index is 1190. The molecule has 8 nitrogen and oxygen atoms in total. The fourth-order valence-electron chi connectivity index (χ4n) is 3.87. The Morgan fingerprint density at radius 3 is 2.41 bits per heavy atom. The Morgan fingerprint density at radius 1 is 1.05 bits per heavy atom. The number of ether oxygens (including phenoxy) is 1. The van der Waals surface area contributed by atoms with Gasteiger partial charge in [-0.3, -0.25) is 4.79 Å². The Labute approximate surface area is 220 Å². The van der Waals surface area contributed by atoms with Crippen molar-refractivity contribution in [3.05, 3.63) is 71.4 Å². The van der Waals surface area contributed by atoms with E-state index in [2.05, 4.69) is 31.4 Å². The summed E-state index contributed by atoms with van der Waals surface area (Å²) in [6, 6.07) is 17.2. The molecule has 0 radical (unpaired) electrons. The molecule has 0 bridgehead atoms. The van der Waals surface area contributed by atoms with Crippen LogP contribution in [0.1, 0.15) is 50.9 Å². The van der Waals surface area contributed by atoms with Crippen molar-refractivity contribution < 1.29 is 14.3 Å². The number of nitrogens with zero attached hydrogens (tertiary/aromatic N) is 3. The summed E-state index contributed by atoms with van der Waals surface area (Å²) >= 11 is 0. The number of amides is 3. The van der Waals surface area contributed by atoms with Crippen molar-refractivity contribution >= 4 is 23.4 Å². The van der Waals surface area contributed by atoms with Gasteiger partial charge in [-0.15, -0.1) is 0 Å². The van der Waals surface area contributed by atoms with Gasteiger partial charge in [0.15, 0.2) is 0 Å². The lowest BCUT2D eigenvalue weighted by molar-refractivity contribution is -0.116. The summed E-state index contributed by atoms with van der Waals surface area (Å²) in [5, 5.41) is 10.7. The van der Waals surface area contributed by atoms with Crippen LogP contribution >= 0.6 is 0 Å². The van der Waals surface area contributed by atoms with Crippen LogP contribution in [0, 0.1) is 6.92 Å². The maximum Gasteiger partial charge on any atom is 0.322 e. The van der Waals surface area contributed by atoms with Crippen molar-refractivity contribution in [1.29, 1.82) is 0 Å². The second-order valence-electron chi connectivity index (χ2n) is 10.2. The molecule has 0 saturated carbocycles. The summed E-state index contributed by atoms with van der Waals surface area (Å²) in [5.74, 6) is 0.262. The zero-order valence-electron chi connectivity index (χ0n) is 22.8. The van der Waals surface area contributed by atoms with Crippen molar-refractivity contribution in [2.75, 3.05) is 37.4 Å². The largest absolute Gasteiger partial charge is 0.385 e. The van der Waals surface area contributed by atoms with Crippen LogP contribution in [0.2, 0.25) is 0 Å². The molecule has 2 aromatic carbocycles. The summed E-state index contributed by atoms with van der Waals surface area (Å²) in [7, 11) is 1.62. The second kappa shape index (κ2) is 12.5. The molecule has 0 aliphatic rings. The van der Waals surface area contributed by atoms with Gasteiger partial charge < -0.3 is 20.3 Å². The smallest absolute Gasteiger partial charge is 0.322 e. The highest BCUT2D eigenvalue weighted by atomic mass is 16.5. The lowest BCUT2D eigenvalue weighted by Gasteiger charge is -2.23. The molecule has 2 N–H and O–H groups in total. The first-order valence-electron chi connectivity index (χ1n) is 12.7. The Kier molecular flexibility index (Phi) is 9.47. The average Bonchev–Trinajstić information content (AvgIpc) is 3.28. The van der Waals surface area contributed by atoms with Crippen molar-refractivity contribution in [2.24, 2.45) is 0 Å². The molecule has 3 aromatic rings. The number of carbonyl (C=O) groups is 2. The van der Waals surface area contributed by atoms with E-state index in [4.69, 9.17) is 9.84 Å². The molecule has 3 rings (SSSR count). The highest BCUT2D eigenvalue weighted by molar-refractivity contribution is 5.97. The Morgan fingerprint density at radius 2 is 1.76 bits per heavy atom. The first kappa shape index (κ1) is 27.9. The van der Waals surface area contributed by atoms with Crippen LogP contribution in [0.15, 0.2) is 54.6 Å². The second-order valence-corrected chi connectivity index (χ2v) is 10.2. The molecule has 3 amide bonds. The molecule has 37 heavy (non-hydrogen) atoms. The lowest BCUT2D eigenvalue weighted by Crippen LogP contribution is -2.41. The van der Waals surface area contributed by atoms with Gasteiger partial charge in [0.05, 0.1) is 11.4 Å². The van der Waals surface area contributed by atoms with Crippen molar-refractivity contribution in [2.45, 2.75) is 52.9 Å². The average molecular weight is 506 g/mol.